The van der Waals surface area contributed by atoms with Crippen LogP contribution in [-0.4, -0.2) is 37.8 Å². The average molecular weight is 366 g/mol. The molecular formula is C19H20N5OS+. The van der Waals surface area contributed by atoms with Gasteiger partial charge in [0.25, 0.3) is 0 Å². The molecule has 26 heavy (non-hydrogen) atoms. The molecule has 1 aliphatic rings. The van der Waals surface area contributed by atoms with Crippen LogP contribution in [0.25, 0.3) is 27.3 Å². The lowest BCUT2D eigenvalue weighted by atomic mass is 10.1. The van der Waals surface area contributed by atoms with Crippen LogP contribution in [0.2, 0.25) is 0 Å². The van der Waals surface area contributed by atoms with Crippen molar-refractivity contribution < 1.29 is 10.0 Å². The molecule has 0 amide bonds. The van der Waals surface area contributed by atoms with Gasteiger partial charge in [0.2, 0.25) is 0 Å². The van der Waals surface area contributed by atoms with Gasteiger partial charge in [-0.1, -0.05) is 19.1 Å². The number of phenols is 1. The van der Waals surface area contributed by atoms with Gasteiger partial charge < -0.3 is 10.0 Å². The largest absolute Gasteiger partial charge is 0.507 e. The molecule has 1 unspecified atom stereocenters. The van der Waals surface area contributed by atoms with Crippen molar-refractivity contribution in [1.82, 2.24) is 19.6 Å². The third-order valence-electron chi connectivity index (χ3n) is 5.10. The van der Waals surface area contributed by atoms with Gasteiger partial charge in [0, 0.05) is 6.42 Å². The Balaban J connectivity index is 1.68. The van der Waals surface area contributed by atoms with E-state index in [2.05, 4.69) is 17.0 Å². The first-order valence-corrected chi connectivity index (χ1v) is 9.84. The zero-order valence-corrected chi connectivity index (χ0v) is 15.4. The molecule has 0 spiro atoms. The predicted molar refractivity (Wildman–Crippen MR) is 102 cm³/mol. The highest BCUT2D eigenvalue weighted by Crippen LogP contribution is 2.34. The van der Waals surface area contributed by atoms with Crippen LogP contribution in [0.15, 0.2) is 30.6 Å². The lowest BCUT2D eigenvalue weighted by Gasteiger charge is -2.23. The molecule has 132 valence electrons. The first-order chi connectivity index (χ1) is 12.7. The summed E-state index contributed by atoms with van der Waals surface area (Å²) in [6.07, 6.45) is 4.00. The second kappa shape index (κ2) is 6.03. The van der Waals surface area contributed by atoms with E-state index in [1.165, 1.54) is 23.4 Å². The Morgan fingerprint density at radius 3 is 3.04 bits per heavy atom. The minimum atomic E-state index is 0.193. The van der Waals surface area contributed by atoms with Gasteiger partial charge in [-0.3, -0.25) is 0 Å². The van der Waals surface area contributed by atoms with Crippen molar-refractivity contribution in [3.05, 3.63) is 41.0 Å². The summed E-state index contributed by atoms with van der Waals surface area (Å²) in [5.74, 6) is 0.727. The number of phenolic OH excluding ortho intramolecular Hbond substituents is 1. The Labute approximate surface area is 154 Å². The van der Waals surface area contributed by atoms with E-state index in [0.717, 1.165) is 35.4 Å². The van der Waals surface area contributed by atoms with Gasteiger partial charge >= 0.3 is 0 Å². The summed E-state index contributed by atoms with van der Waals surface area (Å²) in [5.41, 5.74) is 2.87. The zero-order chi connectivity index (χ0) is 17.7. The molecule has 1 aromatic carbocycles. The normalized spacial score (nSPS) is 17.0. The summed E-state index contributed by atoms with van der Waals surface area (Å²) in [4.78, 5) is 13.5. The van der Waals surface area contributed by atoms with E-state index < -0.39 is 0 Å². The van der Waals surface area contributed by atoms with Crippen molar-refractivity contribution >= 4 is 27.2 Å². The maximum absolute atomic E-state index is 10.1. The maximum atomic E-state index is 10.1. The number of fused-ring (bicyclic) bond motifs is 5. The lowest BCUT2D eigenvalue weighted by Crippen LogP contribution is -3.11. The molecule has 0 bridgehead atoms. The highest BCUT2D eigenvalue weighted by molar-refractivity contribution is 7.19. The number of thiophene rings is 1. The number of quaternary nitrogens is 1. The zero-order valence-electron chi connectivity index (χ0n) is 14.6. The molecule has 2 N–H and O–H groups in total. The minimum Gasteiger partial charge on any atom is -0.507 e. The number of para-hydroxylation sites is 1. The van der Waals surface area contributed by atoms with E-state index >= 15 is 0 Å². The van der Waals surface area contributed by atoms with Crippen LogP contribution in [0.3, 0.4) is 0 Å². The molecule has 0 aliphatic carbocycles. The molecule has 1 atom stereocenters. The van der Waals surface area contributed by atoms with Gasteiger partial charge in [-0.25, -0.2) is 14.5 Å². The fourth-order valence-electron chi connectivity index (χ4n) is 3.87. The smallest absolute Gasteiger partial charge is 0.185 e. The number of aromatic hydroxyl groups is 1. The van der Waals surface area contributed by atoms with E-state index in [-0.39, 0.29) is 5.75 Å². The quantitative estimate of drug-likeness (QED) is 0.582. The molecule has 0 fully saturated rings. The number of benzene rings is 1. The van der Waals surface area contributed by atoms with Gasteiger partial charge in [0.05, 0.1) is 28.9 Å². The van der Waals surface area contributed by atoms with Gasteiger partial charge in [-0.05, 0) is 24.1 Å². The molecule has 7 heteroatoms. The van der Waals surface area contributed by atoms with Gasteiger partial charge in [0.1, 0.15) is 23.5 Å². The fraction of sp³-hybridized carbons (Fsp3) is 0.316. The van der Waals surface area contributed by atoms with Crippen molar-refractivity contribution in [2.75, 3.05) is 13.1 Å². The summed E-state index contributed by atoms with van der Waals surface area (Å²) in [6, 6.07) is 7.18. The number of hydrogen-bond acceptors (Lipinski definition) is 5. The minimum absolute atomic E-state index is 0.193. The Bertz CT molecular complexity index is 1120. The average Bonchev–Trinajstić information content (AvgIpc) is 3.22. The van der Waals surface area contributed by atoms with E-state index in [0.29, 0.717) is 11.4 Å². The van der Waals surface area contributed by atoms with Crippen molar-refractivity contribution in [3.63, 3.8) is 0 Å². The second-order valence-corrected chi connectivity index (χ2v) is 7.91. The number of nitrogens with one attached hydrogen (secondary N) is 1. The summed E-state index contributed by atoms with van der Waals surface area (Å²) in [7, 11) is 0. The summed E-state index contributed by atoms with van der Waals surface area (Å²) in [6.45, 7) is 5.71. The first-order valence-electron chi connectivity index (χ1n) is 9.02. The third kappa shape index (κ3) is 2.39. The van der Waals surface area contributed by atoms with E-state index in [4.69, 9.17) is 4.98 Å². The van der Waals surface area contributed by atoms with E-state index in [1.807, 2.05) is 12.1 Å². The number of rotatable bonds is 3. The van der Waals surface area contributed by atoms with Crippen LogP contribution < -0.4 is 4.90 Å². The van der Waals surface area contributed by atoms with Crippen molar-refractivity contribution in [2.45, 2.75) is 26.3 Å². The number of aromatic nitrogens is 4. The summed E-state index contributed by atoms with van der Waals surface area (Å²) >= 11 is 1.79. The molecule has 5 rings (SSSR count). The molecule has 6 nitrogen and oxygen atoms in total. The standard InChI is InChI=1S/C19H19N5OS/c1-2-8-23-9-7-13-15(10-23)26-19-16(13)18-21-17(22-24(18)11-20-19)12-5-3-4-6-14(12)25/h3-6,11,25H,2,7-10H2,1H3/p+1. The van der Waals surface area contributed by atoms with Crippen molar-refractivity contribution in [2.24, 2.45) is 0 Å². The summed E-state index contributed by atoms with van der Waals surface area (Å²) < 4.78 is 1.74. The Morgan fingerprint density at radius 1 is 1.31 bits per heavy atom. The van der Waals surface area contributed by atoms with Crippen LogP contribution in [0.5, 0.6) is 5.75 Å². The van der Waals surface area contributed by atoms with Crippen molar-refractivity contribution in [1.29, 1.82) is 0 Å². The van der Waals surface area contributed by atoms with E-state index in [1.54, 1.807) is 39.2 Å². The third-order valence-corrected chi connectivity index (χ3v) is 6.24. The van der Waals surface area contributed by atoms with Crippen LogP contribution in [0.4, 0.5) is 0 Å². The topological polar surface area (TPSA) is 67.8 Å². The van der Waals surface area contributed by atoms with Crippen LogP contribution in [-0.2, 0) is 13.0 Å². The molecule has 0 radical (unpaired) electrons. The van der Waals surface area contributed by atoms with Crippen LogP contribution in [0, 0.1) is 0 Å². The first kappa shape index (κ1) is 15.7. The molecule has 4 aromatic rings. The second-order valence-electron chi connectivity index (χ2n) is 6.83. The molecule has 3 aromatic heterocycles. The van der Waals surface area contributed by atoms with Gasteiger partial charge in [-0.15, -0.1) is 16.4 Å². The Morgan fingerprint density at radius 2 is 2.19 bits per heavy atom. The molecule has 4 heterocycles. The predicted octanol–water partition coefficient (Wildman–Crippen LogP) is 2.06. The molecule has 1 aliphatic heterocycles. The molecule has 0 saturated heterocycles. The molecular weight excluding hydrogens is 346 g/mol. The van der Waals surface area contributed by atoms with Gasteiger partial charge in [-0.2, -0.15) is 0 Å². The van der Waals surface area contributed by atoms with Crippen molar-refractivity contribution in [3.8, 4) is 17.1 Å². The fourth-order valence-corrected chi connectivity index (χ4v) is 5.12. The van der Waals surface area contributed by atoms with E-state index in [9.17, 15) is 5.11 Å². The highest BCUT2D eigenvalue weighted by Gasteiger charge is 2.26. The number of nitrogens with zero attached hydrogens (tertiary/aromatic N) is 4. The molecule has 0 saturated carbocycles. The maximum Gasteiger partial charge on any atom is 0.185 e. The summed E-state index contributed by atoms with van der Waals surface area (Å²) in [5, 5.41) is 15.8. The Kier molecular flexibility index (Phi) is 3.65. The lowest BCUT2D eigenvalue weighted by molar-refractivity contribution is -0.915. The SMILES string of the molecule is CCC[NH+]1CCc2c(sc3ncn4nc(-c5ccccc5O)nc4c23)C1. The number of hydrogen-bond donors (Lipinski definition) is 2. The highest BCUT2D eigenvalue weighted by atomic mass is 32.1. The Hall–Kier alpha value is -2.51. The van der Waals surface area contributed by atoms with Crippen LogP contribution in [0.1, 0.15) is 23.8 Å². The van der Waals surface area contributed by atoms with Crippen LogP contribution >= 0.6 is 11.3 Å². The van der Waals surface area contributed by atoms with Gasteiger partial charge in [0.15, 0.2) is 11.5 Å². The monoisotopic (exact) mass is 366 g/mol.